The Morgan fingerprint density at radius 2 is 1.68 bits per heavy atom. The van der Waals surface area contributed by atoms with Crippen LogP contribution in [0.15, 0.2) is 78.6 Å². The standard InChI is InChI=1S/C33H30F2N4O5/c1-5-39(6-2)20-14-23(22-9-7-19(34)13-26(22)35)32(40)25(15-20)33(41)38-31-10-8-21(18-37-31)44-28-11-12-36-27-17-30(43-4)29(42-3)16-24(27)28/h7-18,20H,5-6H2,1-4H3,(H,37,38,41). The summed E-state index contributed by atoms with van der Waals surface area (Å²) < 4.78 is 45.1. The van der Waals surface area contributed by atoms with Crippen molar-refractivity contribution in [2.75, 3.05) is 32.6 Å². The van der Waals surface area contributed by atoms with Crippen LogP contribution in [0.25, 0.3) is 16.5 Å². The number of anilines is 1. The van der Waals surface area contributed by atoms with E-state index in [2.05, 4.69) is 15.3 Å². The van der Waals surface area contributed by atoms with Gasteiger partial charge in [-0.1, -0.05) is 19.9 Å². The SMILES string of the molecule is CCN(CC)C1C=C(C(=O)Nc2ccc(Oc3ccnc4cc(OC)c(OC)cc34)cn2)C(=O)C(c2ccc(F)cc2F)=C1. The Morgan fingerprint density at radius 1 is 0.932 bits per heavy atom. The number of hydrogen-bond donors (Lipinski definition) is 1. The van der Waals surface area contributed by atoms with E-state index in [4.69, 9.17) is 14.2 Å². The molecular formula is C33H30F2N4O5. The van der Waals surface area contributed by atoms with Gasteiger partial charge in [0.1, 0.15) is 29.0 Å². The van der Waals surface area contributed by atoms with E-state index in [1.54, 1.807) is 49.7 Å². The molecule has 0 spiro atoms. The number of benzene rings is 2. The number of hydrogen-bond acceptors (Lipinski definition) is 8. The van der Waals surface area contributed by atoms with Crippen LogP contribution in [-0.2, 0) is 9.59 Å². The molecule has 5 rings (SSSR count). The number of carbonyl (C=O) groups excluding carboxylic acids is 2. The van der Waals surface area contributed by atoms with E-state index in [-0.39, 0.29) is 22.5 Å². The van der Waals surface area contributed by atoms with Crippen LogP contribution in [0.4, 0.5) is 14.6 Å². The first-order valence-corrected chi connectivity index (χ1v) is 13.9. The third-order valence-electron chi connectivity index (χ3n) is 7.28. The number of nitrogens with zero attached hydrogens (tertiary/aromatic N) is 3. The fourth-order valence-electron chi connectivity index (χ4n) is 5.00. The Labute approximate surface area is 252 Å². The molecule has 2 heterocycles. The van der Waals surface area contributed by atoms with Gasteiger partial charge >= 0.3 is 0 Å². The molecule has 226 valence electrons. The number of fused-ring (bicyclic) bond motifs is 1. The fourth-order valence-corrected chi connectivity index (χ4v) is 5.00. The van der Waals surface area contributed by atoms with Crippen LogP contribution in [0.3, 0.4) is 0 Å². The van der Waals surface area contributed by atoms with Gasteiger partial charge in [-0.25, -0.2) is 13.8 Å². The topological polar surface area (TPSA) is 103 Å². The fraction of sp³-hybridized carbons (Fsp3) is 0.212. The van der Waals surface area contributed by atoms with Gasteiger partial charge in [0, 0.05) is 40.9 Å². The van der Waals surface area contributed by atoms with Gasteiger partial charge < -0.3 is 19.5 Å². The first kappa shape index (κ1) is 30.3. The zero-order valence-electron chi connectivity index (χ0n) is 24.6. The Hall–Kier alpha value is -5.16. The number of allylic oxidation sites excluding steroid dienone is 1. The predicted octanol–water partition coefficient (Wildman–Crippen LogP) is 5.96. The molecule has 1 amide bonds. The molecule has 4 aromatic rings. The highest BCUT2D eigenvalue weighted by Gasteiger charge is 2.31. The summed E-state index contributed by atoms with van der Waals surface area (Å²) in [7, 11) is 3.08. The number of nitrogens with one attached hydrogen (secondary N) is 1. The van der Waals surface area contributed by atoms with E-state index in [1.807, 2.05) is 18.7 Å². The number of pyridine rings is 2. The van der Waals surface area contributed by atoms with Crippen LogP contribution in [-0.4, -0.2) is 59.9 Å². The molecule has 1 aliphatic carbocycles. The summed E-state index contributed by atoms with van der Waals surface area (Å²) in [5.41, 5.74) is 0.381. The molecule has 0 saturated carbocycles. The van der Waals surface area contributed by atoms with Gasteiger partial charge in [0.05, 0.1) is 31.5 Å². The van der Waals surface area contributed by atoms with E-state index < -0.39 is 29.4 Å². The minimum atomic E-state index is -0.888. The normalized spacial score (nSPS) is 14.7. The number of likely N-dealkylation sites (N-methyl/N-ethyl adjacent to an activating group) is 1. The Kier molecular flexibility index (Phi) is 8.96. The van der Waals surface area contributed by atoms with Crippen LogP contribution in [0, 0.1) is 11.6 Å². The molecule has 11 heteroatoms. The molecule has 0 radical (unpaired) electrons. The molecule has 2 aromatic carbocycles. The number of carbonyl (C=O) groups is 2. The molecule has 1 aliphatic rings. The smallest absolute Gasteiger partial charge is 0.260 e. The van der Waals surface area contributed by atoms with Gasteiger partial charge in [0.15, 0.2) is 17.3 Å². The van der Waals surface area contributed by atoms with Gasteiger partial charge in [-0.15, -0.1) is 0 Å². The molecule has 0 aliphatic heterocycles. The lowest BCUT2D eigenvalue weighted by molar-refractivity contribution is -0.117. The molecule has 1 atom stereocenters. The van der Waals surface area contributed by atoms with E-state index in [9.17, 15) is 18.4 Å². The third kappa shape index (κ3) is 6.13. The van der Waals surface area contributed by atoms with E-state index in [0.717, 1.165) is 6.07 Å². The van der Waals surface area contributed by atoms with Crippen molar-refractivity contribution in [2.45, 2.75) is 19.9 Å². The lowest BCUT2D eigenvalue weighted by Gasteiger charge is -2.29. The number of aromatic nitrogens is 2. The van der Waals surface area contributed by atoms with Crippen molar-refractivity contribution in [3.05, 3.63) is 95.8 Å². The van der Waals surface area contributed by atoms with Crippen molar-refractivity contribution in [2.24, 2.45) is 0 Å². The summed E-state index contributed by atoms with van der Waals surface area (Å²) in [5, 5.41) is 3.34. The van der Waals surface area contributed by atoms with Gasteiger partial charge in [0.2, 0.25) is 0 Å². The largest absolute Gasteiger partial charge is 0.493 e. The van der Waals surface area contributed by atoms with Gasteiger partial charge in [-0.05, 0) is 55.6 Å². The van der Waals surface area contributed by atoms with Crippen LogP contribution >= 0.6 is 0 Å². The summed E-state index contributed by atoms with van der Waals surface area (Å²) >= 11 is 0. The summed E-state index contributed by atoms with van der Waals surface area (Å²) in [6, 6.07) is 10.9. The molecule has 0 fully saturated rings. The van der Waals surface area contributed by atoms with Crippen molar-refractivity contribution in [3.8, 4) is 23.0 Å². The van der Waals surface area contributed by atoms with Crippen LogP contribution in [0.2, 0.25) is 0 Å². The van der Waals surface area contributed by atoms with Crippen molar-refractivity contribution >= 4 is 34.0 Å². The van der Waals surface area contributed by atoms with Crippen LogP contribution in [0.1, 0.15) is 19.4 Å². The molecule has 0 bridgehead atoms. The number of amides is 1. The molecule has 1 N–H and O–H groups in total. The number of halogens is 2. The second kappa shape index (κ2) is 13.0. The summed E-state index contributed by atoms with van der Waals surface area (Å²) in [5.74, 6) is -0.920. The lowest BCUT2D eigenvalue weighted by atomic mass is 9.88. The maximum atomic E-state index is 14.7. The predicted molar refractivity (Wildman–Crippen MR) is 162 cm³/mol. The zero-order valence-corrected chi connectivity index (χ0v) is 24.6. The van der Waals surface area contributed by atoms with Crippen molar-refractivity contribution in [1.82, 2.24) is 14.9 Å². The Balaban J connectivity index is 1.37. The maximum Gasteiger partial charge on any atom is 0.260 e. The van der Waals surface area contributed by atoms with Crippen molar-refractivity contribution < 1.29 is 32.6 Å². The highest BCUT2D eigenvalue weighted by molar-refractivity contribution is 6.40. The molecular weight excluding hydrogens is 570 g/mol. The van der Waals surface area contributed by atoms with Crippen molar-refractivity contribution in [3.63, 3.8) is 0 Å². The minimum absolute atomic E-state index is 0.0115. The lowest BCUT2D eigenvalue weighted by Crippen LogP contribution is -2.37. The van der Waals surface area contributed by atoms with Gasteiger partial charge in [0.25, 0.3) is 5.91 Å². The molecule has 44 heavy (non-hydrogen) atoms. The monoisotopic (exact) mass is 600 g/mol. The molecule has 0 saturated heterocycles. The number of ether oxygens (including phenoxy) is 3. The quantitative estimate of drug-likeness (QED) is 0.223. The van der Waals surface area contributed by atoms with E-state index >= 15 is 0 Å². The Morgan fingerprint density at radius 3 is 2.34 bits per heavy atom. The maximum absolute atomic E-state index is 14.7. The average molecular weight is 601 g/mol. The first-order chi connectivity index (χ1) is 21.3. The highest BCUT2D eigenvalue weighted by Crippen LogP contribution is 2.37. The number of ketones is 1. The molecule has 1 unspecified atom stereocenters. The molecule has 9 nitrogen and oxygen atoms in total. The average Bonchev–Trinajstić information content (AvgIpc) is 3.02. The van der Waals surface area contributed by atoms with Gasteiger partial charge in [-0.3, -0.25) is 19.5 Å². The number of rotatable bonds is 10. The van der Waals surface area contributed by atoms with Gasteiger partial charge in [-0.2, -0.15) is 0 Å². The van der Waals surface area contributed by atoms with Crippen LogP contribution in [0.5, 0.6) is 23.0 Å². The highest BCUT2D eigenvalue weighted by atomic mass is 19.1. The molecule has 2 aromatic heterocycles. The van der Waals surface area contributed by atoms with Crippen LogP contribution < -0.4 is 19.5 Å². The first-order valence-electron chi connectivity index (χ1n) is 13.9. The van der Waals surface area contributed by atoms with E-state index in [1.165, 1.54) is 25.4 Å². The minimum Gasteiger partial charge on any atom is -0.493 e. The summed E-state index contributed by atoms with van der Waals surface area (Å²) in [4.78, 5) is 37.5. The van der Waals surface area contributed by atoms with E-state index in [0.29, 0.717) is 53.1 Å². The summed E-state index contributed by atoms with van der Waals surface area (Å²) in [6.07, 6.45) is 6.18. The second-order valence-corrected chi connectivity index (χ2v) is 9.79. The third-order valence-corrected chi connectivity index (χ3v) is 7.28. The number of Topliss-reactive ketones (excluding diaryl/α,β-unsaturated/α-hetero) is 1. The van der Waals surface area contributed by atoms with Crippen molar-refractivity contribution in [1.29, 1.82) is 0 Å². The zero-order chi connectivity index (χ0) is 31.4. The summed E-state index contributed by atoms with van der Waals surface area (Å²) in [6.45, 7) is 5.11. The number of methoxy groups -OCH3 is 2. The Bertz CT molecular complexity index is 1790. The second-order valence-electron chi connectivity index (χ2n) is 9.79.